The van der Waals surface area contributed by atoms with Gasteiger partial charge in [0.25, 0.3) is 0 Å². The lowest BCUT2D eigenvalue weighted by molar-refractivity contribution is -0.181. The van der Waals surface area contributed by atoms with Gasteiger partial charge < -0.3 is 5.11 Å². The number of carboxylic acid groups (broad SMARTS) is 1. The largest absolute Gasteiger partial charge is 0.478 e. The standard InChI is InChI=1S/C11H5F6NO4/c12-10(13,14)8(21)18(9(22)11(15,16)17)6-3-1-5(2-4-6)7(19)20/h1-4H,(H,19,20). The van der Waals surface area contributed by atoms with Crippen molar-refractivity contribution in [1.82, 2.24) is 0 Å². The summed E-state index contributed by atoms with van der Waals surface area (Å²) in [5.74, 6) is -7.59. The van der Waals surface area contributed by atoms with Gasteiger partial charge in [0.1, 0.15) is 0 Å². The number of carbonyl (C=O) groups excluding carboxylic acids is 2. The molecule has 0 spiro atoms. The predicted molar refractivity (Wildman–Crippen MR) is 58.0 cm³/mol. The van der Waals surface area contributed by atoms with Crippen molar-refractivity contribution in [3.05, 3.63) is 29.8 Å². The molecule has 0 aliphatic heterocycles. The maximum atomic E-state index is 12.3. The summed E-state index contributed by atoms with van der Waals surface area (Å²) in [6.45, 7) is 0. The number of halogens is 6. The number of hydrogen-bond acceptors (Lipinski definition) is 3. The third-order valence-electron chi connectivity index (χ3n) is 2.26. The fraction of sp³-hybridized carbons (Fsp3) is 0.182. The SMILES string of the molecule is O=C(O)c1ccc(N(C(=O)C(F)(F)F)C(=O)C(F)(F)F)cc1. The first-order chi connectivity index (χ1) is 9.85. The first kappa shape index (κ1) is 17.5. The molecule has 0 aliphatic carbocycles. The molecule has 0 saturated heterocycles. The Bertz CT molecular complexity index is 578. The van der Waals surface area contributed by atoms with Gasteiger partial charge in [-0.3, -0.25) is 9.59 Å². The summed E-state index contributed by atoms with van der Waals surface area (Å²) in [4.78, 5) is 31.5. The summed E-state index contributed by atoms with van der Waals surface area (Å²) < 4.78 is 74.0. The summed E-state index contributed by atoms with van der Waals surface area (Å²) >= 11 is 0. The van der Waals surface area contributed by atoms with Crippen LogP contribution < -0.4 is 4.90 Å². The van der Waals surface area contributed by atoms with Gasteiger partial charge in [-0.05, 0) is 24.3 Å². The zero-order valence-electron chi connectivity index (χ0n) is 10.2. The quantitative estimate of drug-likeness (QED) is 0.846. The number of hydrogen-bond donors (Lipinski definition) is 1. The van der Waals surface area contributed by atoms with E-state index in [9.17, 15) is 40.7 Å². The van der Waals surface area contributed by atoms with E-state index in [0.717, 1.165) is 0 Å². The summed E-state index contributed by atoms with van der Waals surface area (Å²) in [5.41, 5.74) is -1.52. The van der Waals surface area contributed by atoms with E-state index < -0.39 is 46.3 Å². The van der Waals surface area contributed by atoms with Crippen LogP contribution in [0.25, 0.3) is 0 Å². The molecule has 0 aromatic heterocycles. The van der Waals surface area contributed by atoms with Crippen LogP contribution in [0.1, 0.15) is 10.4 Å². The van der Waals surface area contributed by atoms with Crippen LogP contribution in [0.5, 0.6) is 0 Å². The van der Waals surface area contributed by atoms with Crippen LogP contribution in [-0.4, -0.2) is 35.2 Å². The minimum atomic E-state index is -5.73. The van der Waals surface area contributed by atoms with Crippen molar-refractivity contribution in [2.45, 2.75) is 12.4 Å². The van der Waals surface area contributed by atoms with Gasteiger partial charge in [0.2, 0.25) is 0 Å². The minimum Gasteiger partial charge on any atom is -0.478 e. The molecule has 1 N–H and O–H groups in total. The van der Waals surface area contributed by atoms with Crippen LogP contribution >= 0.6 is 0 Å². The van der Waals surface area contributed by atoms with Crippen LogP contribution in [0.15, 0.2) is 24.3 Å². The molecular formula is C11H5F6NO4. The lowest BCUT2D eigenvalue weighted by Gasteiger charge is -2.23. The van der Waals surface area contributed by atoms with E-state index >= 15 is 0 Å². The van der Waals surface area contributed by atoms with Crippen LogP contribution in [-0.2, 0) is 9.59 Å². The number of amides is 2. The van der Waals surface area contributed by atoms with Crippen LogP contribution in [0.2, 0.25) is 0 Å². The Hall–Kier alpha value is -2.59. The fourth-order valence-corrected chi connectivity index (χ4v) is 1.33. The second-order valence-electron chi connectivity index (χ2n) is 3.79. The van der Waals surface area contributed by atoms with Crippen molar-refractivity contribution >= 4 is 23.5 Å². The molecule has 11 heteroatoms. The number of imide groups is 1. The Balaban J connectivity index is 3.35. The molecule has 5 nitrogen and oxygen atoms in total. The molecule has 0 radical (unpaired) electrons. The third kappa shape index (κ3) is 3.74. The molecule has 1 aromatic rings. The van der Waals surface area contributed by atoms with Gasteiger partial charge in [0.05, 0.1) is 11.3 Å². The normalized spacial score (nSPS) is 11.9. The number of rotatable bonds is 2. The van der Waals surface area contributed by atoms with Gasteiger partial charge in [-0.25, -0.2) is 9.69 Å². The molecule has 0 saturated carbocycles. The van der Waals surface area contributed by atoms with E-state index in [1.807, 2.05) is 0 Å². The fourth-order valence-electron chi connectivity index (χ4n) is 1.33. The van der Waals surface area contributed by atoms with Crippen LogP contribution in [0.4, 0.5) is 32.0 Å². The molecule has 0 unspecified atom stereocenters. The number of benzene rings is 1. The highest BCUT2D eigenvalue weighted by Gasteiger charge is 2.52. The van der Waals surface area contributed by atoms with E-state index in [2.05, 4.69) is 0 Å². The third-order valence-corrected chi connectivity index (χ3v) is 2.26. The number of carbonyl (C=O) groups is 3. The summed E-state index contributed by atoms with van der Waals surface area (Å²) in [7, 11) is 0. The van der Waals surface area contributed by atoms with E-state index in [1.165, 1.54) is 0 Å². The first-order valence-electron chi connectivity index (χ1n) is 5.21. The number of anilines is 1. The molecule has 0 bridgehead atoms. The van der Waals surface area contributed by atoms with Gasteiger partial charge in [0, 0.05) is 0 Å². The van der Waals surface area contributed by atoms with Crippen molar-refractivity contribution in [2.75, 3.05) is 4.90 Å². The van der Waals surface area contributed by atoms with Gasteiger partial charge in [0.15, 0.2) is 0 Å². The van der Waals surface area contributed by atoms with Gasteiger partial charge in [-0.15, -0.1) is 0 Å². The highest BCUT2D eigenvalue weighted by Crippen LogP contribution is 2.29. The molecule has 0 heterocycles. The summed E-state index contributed by atoms with van der Waals surface area (Å²) in [6, 6.07) is 2.27. The molecule has 0 aliphatic rings. The number of aromatic carboxylic acids is 1. The molecule has 120 valence electrons. The van der Waals surface area contributed by atoms with Gasteiger partial charge in [-0.2, -0.15) is 26.3 Å². The Kier molecular flexibility index (Phi) is 4.49. The highest BCUT2D eigenvalue weighted by molar-refractivity contribution is 6.18. The first-order valence-corrected chi connectivity index (χ1v) is 5.21. The topological polar surface area (TPSA) is 74.7 Å². The van der Waals surface area contributed by atoms with E-state index in [-0.39, 0.29) is 0 Å². The summed E-state index contributed by atoms with van der Waals surface area (Å²) in [5, 5.41) is 8.58. The van der Waals surface area contributed by atoms with E-state index in [1.54, 1.807) is 0 Å². The monoisotopic (exact) mass is 329 g/mol. The maximum absolute atomic E-state index is 12.3. The van der Waals surface area contributed by atoms with Crippen molar-refractivity contribution in [2.24, 2.45) is 0 Å². The molecule has 2 amide bonds. The smallest absolute Gasteiger partial charge is 0.472 e. The second-order valence-corrected chi connectivity index (χ2v) is 3.79. The average Bonchev–Trinajstić information content (AvgIpc) is 2.37. The molecular weight excluding hydrogens is 324 g/mol. The average molecular weight is 329 g/mol. The predicted octanol–water partition coefficient (Wildman–Crippen LogP) is 2.37. The van der Waals surface area contributed by atoms with Crippen molar-refractivity contribution in [1.29, 1.82) is 0 Å². The minimum absolute atomic E-state index is 0.456. The maximum Gasteiger partial charge on any atom is 0.472 e. The van der Waals surface area contributed by atoms with Crippen molar-refractivity contribution in [3.8, 4) is 0 Å². The zero-order valence-corrected chi connectivity index (χ0v) is 10.2. The molecule has 22 heavy (non-hydrogen) atoms. The second kappa shape index (κ2) is 5.66. The number of carboxylic acids is 1. The van der Waals surface area contributed by atoms with Crippen molar-refractivity contribution < 1.29 is 45.8 Å². The van der Waals surface area contributed by atoms with E-state index in [4.69, 9.17) is 5.11 Å². The Morgan fingerprint density at radius 2 is 1.18 bits per heavy atom. The van der Waals surface area contributed by atoms with Crippen LogP contribution in [0.3, 0.4) is 0 Å². The van der Waals surface area contributed by atoms with Crippen LogP contribution in [0, 0.1) is 0 Å². The van der Waals surface area contributed by atoms with E-state index in [0.29, 0.717) is 24.3 Å². The Morgan fingerprint density at radius 1 is 0.818 bits per heavy atom. The molecule has 0 atom stereocenters. The number of alkyl halides is 6. The Morgan fingerprint density at radius 3 is 1.45 bits per heavy atom. The van der Waals surface area contributed by atoms with Gasteiger partial charge >= 0.3 is 30.1 Å². The number of nitrogens with zero attached hydrogens (tertiary/aromatic N) is 1. The Labute approximate surface area is 117 Å². The van der Waals surface area contributed by atoms with Crippen molar-refractivity contribution in [3.63, 3.8) is 0 Å². The molecule has 1 rings (SSSR count). The molecule has 0 fully saturated rings. The highest BCUT2D eigenvalue weighted by atomic mass is 19.4. The van der Waals surface area contributed by atoms with Gasteiger partial charge in [-0.1, -0.05) is 0 Å². The summed E-state index contributed by atoms with van der Waals surface area (Å²) in [6.07, 6.45) is -11.5. The molecule has 1 aromatic carbocycles. The zero-order chi connectivity index (χ0) is 17.3. The lowest BCUT2D eigenvalue weighted by Crippen LogP contribution is -2.50. The lowest BCUT2D eigenvalue weighted by atomic mass is 10.2.